The Morgan fingerprint density at radius 1 is 0.615 bits per heavy atom. The molecule has 5 heteroatoms. The molecule has 198 valence electrons. The lowest BCUT2D eigenvalue weighted by molar-refractivity contribution is 0.100. The van der Waals surface area contributed by atoms with Crippen LogP contribution in [-0.2, 0) is 10.8 Å². The van der Waals surface area contributed by atoms with Gasteiger partial charge in [0.2, 0.25) is 0 Å². The molecule has 0 radical (unpaired) electrons. The number of Topliss-reactive ketones (excluding diaryl/α,β-unsaturated/α-hetero) is 2. The quantitative estimate of drug-likeness (QED) is 0.159. The van der Waals surface area contributed by atoms with Gasteiger partial charge < -0.3 is 4.90 Å². The van der Waals surface area contributed by atoms with E-state index in [2.05, 4.69) is 36.1 Å². The molecule has 0 bridgehead atoms. The van der Waals surface area contributed by atoms with Crippen LogP contribution in [0.5, 0.6) is 0 Å². The zero-order valence-corrected chi connectivity index (χ0v) is 23.5. The Bertz CT molecular complexity index is 1440. The van der Waals surface area contributed by atoms with Crippen molar-refractivity contribution in [2.75, 3.05) is 11.4 Å². The highest BCUT2D eigenvalue weighted by Gasteiger charge is 2.29. The smallest absolute Gasteiger partial charge is 0.159 e. The van der Waals surface area contributed by atoms with Crippen LogP contribution in [0.25, 0.3) is 22.3 Å². The Balaban J connectivity index is 1.55. The fourth-order valence-corrected chi connectivity index (χ4v) is 6.55. The number of carbonyl (C=O) groups excluding carboxylic acids is 2. The van der Waals surface area contributed by atoms with E-state index in [-0.39, 0.29) is 11.6 Å². The summed E-state index contributed by atoms with van der Waals surface area (Å²) in [6, 6.07) is 27.5. The Morgan fingerprint density at radius 3 is 1.46 bits per heavy atom. The largest absolute Gasteiger partial charge is 0.339 e. The van der Waals surface area contributed by atoms with E-state index in [1.54, 1.807) is 13.8 Å². The van der Waals surface area contributed by atoms with Crippen molar-refractivity contribution in [2.24, 2.45) is 0 Å². The minimum atomic E-state index is -1.36. The molecule has 0 unspecified atom stereocenters. The van der Waals surface area contributed by atoms with Gasteiger partial charge in [-0.2, -0.15) is 0 Å². The molecule has 39 heavy (non-hydrogen) atoms. The summed E-state index contributed by atoms with van der Waals surface area (Å²) in [6.45, 7) is 6.20. The first-order chi connectivity index (χ1) is 18.9. The summed E-state index contributed by atoms with van der Waals surface area (Å²) in [4.78, 5) is 27.4. The lowest BCUT2D eigenvalue weighted by Gasteiger charge is -2.33. The first-order valence-corrected chi connectivity index (χ1v) is 14.7. The fourth-order valence-electron chi connectivity index (χ4n) is 5.11. The number of unbranched alkanes of at least 4 members (excludes halogenated alkanes) is 3. The van der Waals surface area contributed by atoms with Gasteiger partial charge in [0.05, 0.1) is 32.0 Å². The summed E-state index contributed by atoms with van der Waals surface area (Å²) in [6.07, 6.45) is 4.59. The number of ketones is 2. The van der Waals surface area contributed by atoms with Crippen LogP contribution in [-0.4, -0.2) is 22.3 Å². The van der Waals surface area contributed by atoms with Crippen molar-refractivity contribution in [3.05, 3.63) is 96.1 Å². The van der Waals surface area contributed by atoms with E-state index < -0.39 is 10.8 Å². The van der Waals surface area contributed by atoms with Gasteiger partial charge in [0.25, 0.3) is 0 Å². The van der Waals surface area contributed by atoms with Crippen molar-refractivity contribution in [1.29, 1.82) is 0 Å². The molecule has 0 aromatic heterocycles. The molecule has 0 N–H and O–H groups in total. The van der Waals surface area contributed by atoms with Gasteiger partial charge in [-0.15, -0.1) is 0 Å². The third-order valence-electron chi connectivity index (χ3n) is 7.39. The minimum absolute atomic E-state index is 0.0372. The van der Waals surface area contributed by atoms with Crippen molar-refractivity contribution in [3.8, 4) is 22.3 Å². The monoisotopic (exact) mass is 535 g/mol. The van der Waals surface area contributed by atoms with Crippen molar-refractivity contribution in [3.63, 3.8) is 0 Å². The molecular formula is C34H33NO3S. The van der Waals surface area contributed by atoms with E-state index in [1.165, 1.54) is 12.8 Å². The Morgan fingerprint density at radius 2 is 1.05 bits per heavy atom. The van der Waals surface area contributed by atoms with Crippen molar-refractivity contribution in [2.45, 2.75) is 56.2 Å². The van der Waals surface area contributed by atoms with Crippen LogP contribution in [0.4, 0.5) is 11.4 Å². The molecule has 0 fully saturated rings. The number of fused-ring (bicyclic) bond motifs is 2. The maximum absolute atomic E-state index is 14.1. The van der Waals surface area contributed by atoms with E-state index in [4.69, 9.17) is 0 Å². The Kier molecular flexibility index (Phi) is 7.89. The third kappa shape index (κ3) is 5.50. The number of hydrogen-bond acceptors (Lipinski definition) is 4. The summed E-state index contributed by atoms with van der Waals surface area (Å²) in [5, 5.41) is 0. The van der Waals surface area contributed by atoms with Crippen LogP contribution in [0, 0.1) is 0 Å². The molecule has 0 saturated carbocycles. The van der Waals surface area contributed by atoms with Gasteiger partial charge in [-0.1, -0.05) is 86.8 Å². The predicted octanol–water partition coefficient (Wildman–Crippen LogP) is 8.62. The van der Waals surface area contributed by atoms with Crippen LogP contribution in [0.1, 0.15) is 67.2 Å². The van der Waals surface area contributed by atoms with E-state index in [0.29, 0.717) is 11.1 Å². The van der Waals surface area contributed by atoms with E-state index >= 15 is 0 Å². The lowest BCUT2D eigenvalue weighted by atomic mass is 10.0. The van der Waals surface area contributed by atoms with Gasteiger partial charge in [0.1, 0.15) is 0 Å². The average molecular weight is 536 g/mol. The fraction of sp³-hybridized carbons (Fsp3) is 0.235. The normalized spacial score (nSPS) is 12.6. The molecular weight excluding hydrogens is 502 g/mol. The van der Waals surface area contributed by atoms with E-state index in [9.17, 15) is 13.8 Å². The molecule has 4 nitrogen and oxygen atoms in total. The minimum Gasteiger partial charge on any atom is -0.339 e. The molecule has 4 aromatic carbocycles. The maximum Gasteiger partial charge on any atom is 0.159 e. The topological polar surface area (TPSA) is 54.5 Å². The SMILES string of the molecule is CCCCCCN1c2ccc(-c3ccc(C(C)=O)cc3)cc2S(=O)c2cc(-c3ccc(C(C)=O)cc3)ccc21. The number of carbonyl (C=O) groups is 2. The highest BCUT2D eigenvalue weighted by molar-refractivity contribution is 7.85. The molecule has 4 aromatic rings. The summed E-state index contributed by atoms with van der Waals surface area (Å²) in [5.41, 5.74) is 7.25. The zero-order valence-electron chi connectivity index (χ0n) is 22.7. The van der Waals surface area contributed by atoms with Crippen LogP contribution < -0.4 is 4.90 Å². The maximum atomic E-state index is 14.1. The van der Waals surface area contributed by atoms with Gasteiger partial charge in [0, 0.05) is 17.7 Å². The second-order valence-electron chi connectivity index (χ2n) is 10.1. The second-order valence-corrected chi connectivity index (χ2v) is 11.5. The molecule has 0 aliphatic carbocycles. The second kappa shape index (κ2) is 11.5. The highest BCUT2D eigenvalue weighted by atomic mass is 32.2. The van der Waals surface area contributed by atoms with E-state index in [0.717, 1.165) is 62.8 Å². The van der Waals surface area contributed by atoms with Crippen LogP contribution in [0.15, 0.2) is 94.7 Å². The molecule has 1 heterocycles. The first-order valence-electron chi connectivity index (χ1n) is 13.6. The van der Waals surface area contributed by atoms with Gasteiger partial charge in [-0.05, 0) is 66.8 Å². The lowest BCUT2D eigenvalue weighted by Crippen LogP contribution is -2.25. The number of anilines is 2. The highest BCUT2D eigenvalue weighted by Crippen LogP contribution is 2.45. The first kappa shape index (κ1) is 26.8. The molecule has 0 spiro atoms. The number of nitrogens with zero attached hydrogens (tertiary/aromatic N) is 1. The van der Waals surface area contributed by atoms with Gasteiger partial charge in [0.15, 0.2) is 11.6 Å². The summed E-state index contributed by atoms with van der Waals surface area (Å²) < 4.78 is 14.1. The number of benzene rings is 4. The van der Waals surface area contributed by atoms with Gasteiger partial charge in [-0.25, -0.2) is 4.21 Å². The predicted molar refractivity (Wildman–Crippen MR) is 160 cm³/mol. The van der Waals surface area contributed by atoms with E-state index in [1.807, 2.05) is 60.7 Å². The summed E-state index contributed by atoms with van der Waals surface area (Å²) in [7, 11) is -1.36. The number of rotatable bonds is 9. The molecule has 1 aliphatic heterocycles. The molecule has 0 atom stereocenters. The Labute approximate surface area is 233 Å². The molecule has 0 amide bonds. The van der Waals surface area contributed by atoms with Crippen LogP contribution in [0.2, 0.25) is 0 Å². The number of hydrogen-bond donors (Lipinski definition) is 0. The standard InChI is InChI=1S/C34H33NO3S/c1-4-5-6-7-20-35-31-18-16-29(27-12-8-25(9-13-27)23(2)36)21-33(31)39(38)34-22-30(17-19-32(34)35)28-14-10-26(11-15-28)24(3)37/h8-19,21-22H,4-7,20H2,1-3H3. The van der Waals surface area contributed by atoms with Crippen molar-refractivity contribution < 1.29 is 13.8 Å². The van der Waals surface area contributed by atoms with Crippen LogP contribution in [0.3, 0.4) is 0 Å². The van der Waals surface area contributed by atoms with Crippen molar-refractivity contribution in [1.82, 2.24) is 0 Å². The van der Waals surface area contributed by atoms with Gasteiger partial charge >= 0.3 is 0 Å². The molecule has 1 aliphatic rings. The van der Waals surface area contributed by atoms with Gasteiger partial charge in [-0.3, -0.25) is 9.59 Å². The summed E-state index contributed by atoms with van der Waals surface area (Å²) >= 11 is 0. The molecule has 0 saturated heterocycles. The Hall–Kier alpha value is -3.83. The summed E-state index contributed by atoms with van der Waals surface area (Å²) in [5.74, 6) is 0.0744. The van der Waals surface area contributed by atoms with Crippen molar-refractivity contribution >= 4 is 33.7 Å². The molecule has 5 rings (SSSR count). The third-order valence-corrected chi connectivity index (χ3v) is 8.84. The zero-order chi connectivity index (χ0) is 27.5. The van der Waals surface area contributed by atoms with Crippen LogP contribution >= 0.6 is 0 Å². The average Bonchev–Trinajstić information content (AvgIpc) is 2.96.